The van der Waals surface area contributed by atoms with Gasteiger partial charge in [-0.2, -0.15) is 0 Å². The number of benzene rings is 4. The van der Waals surface area contributed by atoms with Gasteiger partial charge >= 0.3 is 0 Å². The molecule has 0 unspecified atom stereocenters. The molecule has 2 aliphatic rings. The quantitative estimate of drug-likeness (QED) is 0.198. The minimum atomic E-state index is -0.390. The number of anilines is 1. The topological polar surface area (TPSA) is 85.4 Å². The maximum atomic E-state index is 13.2. The predicted molar refractivity (Wildman–Crippen MR) is 169 cm³/mol. The summed E-state index contributed by atoms with van der Waals surface area (Å²) in [5.41, 5.74) is 7.98. The second-order valence-electron chi connectivity index (χ2n) is 11.6. The van der Waals surface area contributed by atoms with Gasteiger partial charge in [-0.15, -0.1) is 4.68 Å². The lowest BCUT2D eigenvalue weighted by atomic mass is 9.90. The van der Waals surface area contributed by atoms with Crippen LogP contribution in [-0.4, -0.2) is 52.4 Å². The fourth-order valence-electron chi connectivity index (χ4n) is 6.29. The predicted octanol–water partition coefficient (Wildman–Crippen LogP) is 4.83. The Morgan fingerprint density at radius 2 is 1.39 bits per heavy atom. The van der Waals surface area contributed by atoms with E-state index in [0.29, 0.717) is 22.5 Å². The molecule has 0 saturated carbocycles. The van der Waals surface area contributed by atoms with Crippen LogP contribution in [0.15, 0.2) is 97.1 Å². The van der Waals surface area contributed by atoms with E-state index in [2.05, 4.69) is 94.6 Å². The van der Waals surface area contributed by atoms with Gasteiger partial charge in [-0.25, -0.2) is 0 Å². The highest BCUT2D eigenvalue weighted by molar-refractivity contribution is 6.26. The Balaban J connectivity index is 0.974. The Morgan fingerprint density at radius 3 is 2.09 bits per heavy atom. The molecule has 1 saturated heterocycles. The summed E-state index contributed by atoms with van der Waals surface area (Å²) in [6, 6.07) is 32.5. The van der Waals surface area contributed by atoms with Gasteiger partial charge in [0.05, 0.1) is 6.54 Å². The molecular formula is C36H33N5O3. The van der Waals surface area contributed by atoms with E-state index in [1.54, 1.807) is 24.3 Å². The summed E-state index contributed by atoms with van der Waals surface area (Å²) in [5.74, 6) is -0.732. The number of hydrogen-bond acceptors (Lipinski definition) is 6. The van der Waals surface area contributed by atoms with Crippen molar-refractivity contribution in [1.82, 2.24) is 14.7 Å². The molecule has 2 heterocycles. The molecule has 7 rings (SSSR count). The van der Waals surface area contributed by atoms with Gasteiger partial charge in [0.2, 0.25) is 17.3 Å². The average molecular weight is 584 g/mol. The van der Waals surface area contributed by atoms with Gasteiger partial charge in [-0.3, -0.25) is 14.5 Å². The lowest BCUT2D eigenvalue weighted by molar-refractivity contribution is -0.749. The largest absolute Gasteiger partial charge is 0.571 e. The number of rotatable bonds is 7. The highest BCUT2D eigenvalue weighted by Gasteiger charge is 2.39. The molecule has 1 aromatic heterocycles. The Morgan fingerprint density at radius 1 is 0.750 bits per heavy atom. The first-order valence-corrected chi connectivity index (χ1v) is 15.1. The minimum Gasteiger partial charge on any atom is -0.571 e. The first-order valence-electron chi connectivity index (χ1n) is 15.1. The van der Waals surface area contributed by atoms with E-state index >= 15 is 0 Å². The first-order chi connectivity index (χ1) is 21.5. The molecule has 0 atom stereocenters. The molecule has 4 aromatic carbocycles. The van der Waals surface area contributed by atoms with Crippen molar-refractivity contribution in [3.8, 4) is 11.1 Å². The van der Waals surface area contributed by atoms with Gasteiger partial charge in [-0.05, 0) is 47.7 Å². The lowest BCUT2D eigenvalue weighted by Gasteiger charge is -2.36. The van der Waals surface area contributed by atoms with E-state index in [1.807, 2.05) is 0 Å². The number of carbonyl (C=O) groups excluding carboxylic acids is 2. The van der Waals surface area contributed by atoms with Gasteiger partial charge < -0.3 is 10.1 Å². The van der Waals surface area contributed by atoms with Crippen molar-refractivity contribution in [2.24, 2.45) is 0 Å². The van der Waals surface area contributed by atoms with Crippen molar-refractivity contribution in [3.63, 3.8) is 0 Å². The summed E-state index contributed by atoms with van der Waals surface area (Å²) >= 11 is 0. The normalized spacial score (nSPS) is 14.9. The first kappa shape index (κ1) is 27.7. The van der Waals surface area contributed by atoms with Gasteiger partial charge in [0.25, 0.3) is 0 Å². The zero-order valence-corrected chi connectivity index (χ0v) is 24.6. The monoisotopic (exact) mass is 583 g/mol. The summed E-state index contributed by atoms with van der Waals surface area (Å²) in [4.78, 5) is 31.4. The van der Waals surface area contributed by atoms with E-state index in [4.69, 9.17) is 0 Å². The van der Waals surface area contributed by atoms with Crippen LogP contribution in [0, 0.1) is 12.1 Å². The number of aromatic nitrogens is 3. The van der Waals surface area contributed by atoms with Crippen LogP contribution in [0.25, 0.3) is 11.1 Å². The Kier molecular flexibility index (Phi) is 7.28. The van der Waals surface area contributed by atoms with Crippen LogP contribution in [0.5, 0.6) is 0 Å². The number of ketones is 2. The molecule has 5 aromatic rings. The second-order valence-corrected chi connectivity index (χ2v) is 11.6. The van der Waals surface area contributed by atoms with Gasteiger partial charge in [0.1, 0.15) is 0 Å². The molecule has 1 aliphatic heterocycles. The van der Waals surface area contributed by atoms with E-state index in [0.717, 1.165) is 38.3 Å². The minimum absolute atomic E-state index is 0.0691. The van der Waals surface area contributed by atoms with Crippen molar-refractivity contribution in [2.75, 3.05) is 31.1 Å². The Bertz CT molecular complexity index is 1850. The van der Waals surface area contributed by atoms with Crippen molar-refractivity contribution in [3.05, 3.63) is 141 Å². The third-order valence-electron chi connectivity index (χ3n) is 8.78. The summed E-state index contributed by atoms with van der Waals surface area (Å²) in [5, 5.41) is 16.5. The van der Waals surface area contributed by atoms with Crippen LogP contribution in [-0.2, 0) is 19.5 Å². The average Bonchev–Trinajstić information content (AvgIpc) is 3.40. The third kappa shape index (κ3) is 5.18. The maximum absolute atomic E-state index is 13.2. The lowest BCUT2D eigenvalue weighted by Crippen LogP contribution is -2.46. The summed E-state index contributed by atoms with van der Waals surface area (Å²) in [6.45, 7) is 7.14. The van der Waals surface area contributed by atoms with Crippen molar-refractivity contribution in [2.45, 2.75) is 26.4 Å². The van der Waals surface area contributed by atoms with Crippen molar-refractivity contribution >= 4 is 17.3 Å². The molecule has 0 spiro atoms. The van der Waals surface area contributed by atoms with Crippen LogP contribution < -0.4 is 9.86 Å². The molecule has 0 radical (unpaired) electrons. The number of carbonyl (C=O) groups is 2. The molecule has 0 amide bonds. The van der Waals surface area contributed by atoms with E-state index in [-0.39, 0.29) is 23.7 Å². The van der Waals surface area contributed by atoms with Crippen LogP contribution in [0.3, 0.4) is 0 Å². The van der Waals surface area contributed by atoms with E-state index < -0.39 is 5.78 Å². The molecule has 8 nitrogen and oxygen atoms in total. The highest BCUT2D eigenvalue weighted by Crippen LogP contribution is 2.27. The highest BCUT2D eigenvalue weighted by atomic mass is 16.5. The third-order valence-corrected chi connectivity index (χ3v) is 8.78. The zero-order chi connectivity index (χ0) is 30.2. The standard InChI is InChI=1S/C36H33N5O3/c1-25-10-14-27(15-11-25)30-7-3-2-6-28(30)24-38-20-22-39(23-21-38)29-16-12-26(13-17-29)18-19-40-34-33(37-41(40)44)35(42)31-8-4-5-9-32(31)36(34)43/h2-17H,18-24H2,1H3. The fraction of sp³-hybridized carbons (Fsp3) is 0.222. The van der Waals surface area contributed by atoms with Crippen LogP contribution in [0.4, 0.5) is 5.69 Å². The van der Waals surface area contributed by atoms with Crippen LogP contribution in [0.2, 0.25) is 0 Å². The molecule has 220 valence electrons. The molecule has 1 aliphatic carbocycles. The zero-order valence-electron chi connectivity index (χ0n) is 24.6. The molecule has 8 heteroatoms. The van der Waals surface area contributed by atoms with Gasteiger partial charge in [0.15, 0.2) is 5.69 Å². The maximum Gasteiger partial charge on any atom is 0.220 e. The molecule has 0 bridgehead atoms. The van der Waals surface area contributed by atoms with Gasteiger partial charge in [-0.1, -0.05) is 90.5 Å². The Labute approximate surface area is 256 Å². The number of aryl methyl sites for hydroxylation is 2. The summed E-state index contributed by atoms with van der Waals surface area (Å²) < 4.78 is 1.27. The number of fused-ring (bicyclic) bond motifs is 2. The molecule has 1 fully saturated rings. The van der Waals surface area contributed by atoms with E-state index in [1.165, 1.54) is 32.6 Å². The fourth-order valence-corrected chi connectivity index (χ4v) is 6.29. The van der Waals surface area contributed by atoms with Gasteiger partial charge in [0, 0.05) is 59.6 Å². The summed E-state index contributed by atoms with van der Waals surface area (Å²) in [7, 11) is 0. The number of nitrogens with zero attached hydrogens (tertiary/aromatic N) is 5. The molecule has 44 heavy (non-hydrogen) atoms. The van der Waals surface area contributed by atoms with Crippen LogP contribution in [0.1, 0.15) is 48.8 Å². The summed E-state index contributed by atoms with van der Waals surface area (Å²) in [6.07, 6.45) is 0.530. The molecular weight excluding hydrogens is 550 g/mol. The number of hydrogen-bond donors (Lipinski definition) is 0. The van der Waals surface area contributed by atoms with Crippen molar-refractivity contribution < 1.29 is 14.5 Å². The smallest absolute Gasteiger partial charge is 0.220 e. The van der Waals surface area contributed by atoms with Crippen LogP contribution >= 0.6 is 0 Å². The SMILES string of the molecule is Cc1ccc(-c2ccccc2CN2CCN(c3ccc(CCn4c5c(n[n+]4[O-])C(=O)c4ccccc4C5=O)cc3)CC2)cc1. The van der Waals surface area contributed by atoms with Crippen molar-refractivity contribution in [1.29, 1.82) is 0 Å². The Hall–Kier alpha value is -5.08. The number of piperazine rings is 1. The van der Waals surface area contributed by atoms with E-state index in [9.17, 15) is 14.8 Å². The molecule has 0 N–H and O–H groups in total. The second kappa shape index (κ2) is 11.5.